The molecule has 1 aliphatic carbocycles. The lowest BCUT2D eigenvalue weighted by molar-refractivity contribution is -0.123. The number of nitrogens with one attached hydrogen (secondary N) is 1. The van der Waals surface area contributed by atoms with Crippen LogP contribution in [0.5, 0.6) is 0 Å². The average molecular weight is 290 g/mol. The van der Waals surface area contributed by atoms with Crippen LogP contribution in [0.2, 0.25) is 0 Å². The van der Waals surface area contributed by atoms with Gasteiger partial charge in [-0.1, -0.05) is 42.7 Å². The Bertz CT molecular complexity index is 464. The third kappa shape index (κ3) is 4.05. The van der Waals surface area contributed by atoms with Crippen molar-refractivity contribution in [3.63, 3.8) is 0 Å². The molecule has 1 atom stereocenters. The zero-order valence-electron chi connectivity index (χ0n) is 12.8. The number of carbonyl (C=O) groups excluding carboxylic acids is 1. The third-order valence-electron chi connectivity index (χ3n) is 4.66. The fraction of sp³-hybridized carbons (Fsp3) is 0.588. The Morgan fingerprint density at radius 3 is 2.52 bits per heavy atom. The highest BCUT2D eigenvalue weighted by molar-refractivity contribution is 5.82. The van der Waals surface area contributed by atoms with Crippen LogP contribution >= 0.6 is 0 Å². The number of hydrogen-bond acceptors (Lipinski definition) is 3. The second-order valence-electron chi connectivity index (χ2n) is 6.29. The van der Waals surface area contributed by atoms with Crippen molar-refractivity contribution < 1.29 is 9.90 Å². The fourth-order valence-electron chi connectivity index (χ4n) is 3.19. The first kappa shape index (κ1) is 16.0. The molecule has 0 heterocycles. The van der Waals surface area contributed by atoms with Gasteiger partial charge in [0, 0.05) is 13.2 Å². The van der Waals surface area contributed by atoms with Crippen LogP contribution in [0.3, 0.4) is 0 Å². The second-order valence-corrected chi connectivity index (χ2v) is 6.29. The van der Waals surface area contributed by atoms with Gasteiger partial charge < -0.3 is 16.2 Å². The van der Waals surface area contributed by atoms with Crippen molar-refractivity contribution in [2.75, 3.05) is 13.2 Å². The first-order valence-corrected chi connectivity index (χ1v) is 7.77. The molecule has 1 amide bonds. The number of amides is 1. The van der Waals surface area contributed by atoms with Crippen LogP contribution in [0.25, 0.3) is 0 Å². The van der Waals surface area contributed by atoms with Gasteiger partial charge in [-0.2, -0.15) is 0 Å². The molecule has 2 rings (SSSR count). The highest BCUT2D eigenvalue weighted by Crippen LogP contribution is 2.40. The minimum Gasteiger partial charge on any atom is -0.396 e. The lowest BCUT2D eigenvalue weighted by Crippen LogP contribution is -2.41. The molecule has 21 heavy (non-hydrogen) atoms. The lowest BCUT2D eigenvalue weighted by Gasteiger charge is -2.29. The van der Waals surface area contributed by atoms with Crippen molar-refractivity contribution in [2.24, 2.45) is 11.1 Å². The van der Waals surface area contributed by atoms with Gasteiger partial charge in [-0.15, -0.1) is 0 Å². The van der Waals surface area contributed by atoms with E-state index in [2.05, 4.69) is 5.32 Å². The molecular weight excluding hydrogens is 264 g/mol. The van der Waals surface area contributed by atoms with E-state index in [0.717, 1.165) is 30.4 Å². The normalized spacial score (nSPS) is 18.4. The predicted molar refractivity (Wildman–Crippen MR) is 83.7 cm³/mol. The third-order valence-corrected chi connectivity index (χ3v) is 4.66. The van der Waals surface area contributed by atoms with Gasteiger partial charge in [-0.05, 0) is 37.2 Å². The van der Waals surface area contributed by atoms with E-state index in [1.165, 1.54) is 12.8 Å². The molecule has 0 aromatic heterocycles. The van der Waals surface area contributed by atoms with Gasteiger partial charge in [-0.3, -0.25) is 4.79 Å². The Morgan fingerprint density at radius 2 is 1.95 bits per heavy atom. The maximum absolute atomic E-state index is 12.2. The molecule has 4 heteroatoms. The summed E-state index contributed by atoms with van der Waals surface area (Å²) in [6.07, 6.45) is 5.27. The summed E-state index contributed by atoms with van der Waals surface area (Å²) in [5, 5.41) is 12.2. The van der Waals surface area contributed by atoms with Crippen LogP contribution in [0.1, 0.15) is 49.3 Å². The molecule has 1 aromatic rings. The molecule has 1 saturated carbocycles. The van der Waals surface area contributed by atoms with E-state index >= 15 is 0 Å². The Labute approximate surface area is 126 Å². The van der Waals surface area contributed by atoms with Crippen LogP contribution in [0.4, 0.5) is 0 Å². The van der Waals surface area contributed by atoms with E-state index in [1.54, 1.807) is 0 Å². The Balaban J connectivity index is 1.92. The average Bonchev–Trinajstić information content (AvgIpc) is 2.94. The van der Waals surface area contributed by atoms with Crippen molar-refractivity contribution in [3.8, 4) is 0 Å². The molecule has 0 spiro atoms. The van der Waals surface area contributed by atoms with E-state index in [0.29, 0.717) is 6.54 Å². The minimum absolute atomic E-state index is 0.0669. The molecule has 1 unspecified atom stereocenters. The SMILES string of the molecule is Cc1ccc(C(N)C(=O)NCC2(CCO)CCCC2)cc1. The zero-order valence-corrected chi connectivity index (χ0v) is 12.8. The molecule has 1 fully saturated rings. The van der Waals surface area contributed by atoms with Crippen molar-refractivity contribution in [1.82, 2.24) is 5.32 Å². The van der Waals surface area contributed by atoms with Crippen molar-refractivity contribution in [1.29, 1.82) is 0 Å². The molecule has 4 nitrogen and oxygen atoms in total. The summed E-state index contributed by atoms with van der Waals surface area (Å²) in [5.41, 5.74) is 8.08. The van der Waals surface area contributed by atoms with Gasteiger partial charge in [0.1, 0.15) is 6.04 Å². The van der Waals surface area contributed by atoms with Gasteiger partial charge in [-0.25, -0.2) is 0 Å². The van der Waals surface area contributed by atoms with Crippen LogP contribution in [-0.4, -0.2) is 24.2 Å². The minimum atomic E-state index is -0.627. The van der Waals surface area contributed by atoms with Gasteiger partial charge in [0.15, 0.2) is 0 Å². The molecule has 4 N–H and O–H groups in total. The van der Waals surface area contributed by atoms with Gasteiger partial charge >= 0.3 is 0 Å². The molecule has 1 aliphatic rings. The Hall–Kier alpha value is -1.39. The van der Waals surface area contributed by atoms with E-state index in [-0.39, 0.29) is 17.9 Å². The zero-order chi connectivity index (χ0) is 15.3. The van der Waals surface area contributed by atoms with E-state index in [1.807, 2.05) is 31.2 Å². The summed E-state index contributed by atoms with van der Waals surface area (Å²) in [6.45, 7) is 2.81. The standard InChI is InChI=1S/C17H26N2O2/c1-13-4-6-14(7-5-13)15(18)16(21)19-12-17(10-11-20)8-2-3-9-17/h4-7,15,20H,2-3,8-12,18H2,1H3,(H,19,21). The van der Waals surface area contributed by atoms with Crippen LogP contribution in [0, 0.1) is 12.3 Å². The summed E-state index contributed by atoms with van der Waals surface area (Å²) in [6, 6.07) is 7.11. The largest absolute Gasteiger partial charge is 0.396 e. The lowest BCUT2D eigenvalue weighted by atomic mass is 9.83. The quantitative estimate of drug-likeness (QED) is 0.750. The number of aliphatic hydroxyl groups excluding tert-OH is 1. The first-order chi connectivity index (χ1) is 10.1. The summed E-state index contributed by atoms with van der Waals surface area (Å²) in [5.74, 6) is -0.136. The summed E-state index contributed by atoms with van der Waals surface area (Å²) >= 11 is 0. The molecule has 116 valence electrons. The number of carbonyl (C=O) groups is 1. The van der Waals surface area contributed by atoms with Crippen LogP contribution < -0.4 is 11.1 Å². The van der Waals surface area contributed by atoms with Crippen LogP contribution in [0.15, 0.2) is 24.3 Å². The molecular formula is C17H26N2O2. The number of aliphatic hydroxyl groups is 1. The topological polar surface area (TPSA) is 75.4 Å². The number of hydrogen-bond donors (Lipinski definition) is 3. The molecule has 1 aromatic carbocycles. The summed E-state index contributed by atoms with van der Waals surface area (Å²) < 4.78 is 0. The van der Waals surface area contributed by atoms with Crippen molar-refractivity contribution in [3.05, 3.63) is 35.4 Å². The smallest absolute Gasteiger partial charge is 0.241 e. The molecule has 0 saturated heterocycles. The highest BCUT2D eigenvalue weighted by atomic mass is 16.3. The van der Waals surface area contributed by atoms with Gasteiger partial charge in [0.05, 0.1) is 0 Å². The summed E-state index contributed by atoms with van der Waals surface area (Å²) in [4.78, 5) is 12.2. The molecule has 0 aliphatic heterocycles. The van der Waals surface area contributed by atoms with E-state index in [4.69, 9.17) is 5.73 Å². The van der Waals surface area contributed by atoms with Gasteiger partial charge in [0.2, 0.25) is 5.91 Å². The first-order valence-electron chi connectivity index (χ1n) is 7.77. The maximum Gasteiger partial charge on any atom is 0.241 e. The Kier molecular flexibility index (Phi) is 5.37. The van der Waals surface area contributed by atoms with Gasteiger partial charge in [0.25, 0.3) is 0 Å². The van der Waals surface area contributed by atoms with Crippen LogP contribution in [-0.2, 0) is 4.79 Å². The van der Waals surface area contributed by atoms with E-state index in [9.17, 15) is 9.90 Å². The van der Waals surface area contributed by atoms with Crippen molar-refractivity contribution in [2.45, 2.75) is 45.1 Å². The number of rotatable bonds is 6. The number of aryl methyl sites for hydroxylation is 1. The highest BCUT2D eigenvalue weighted by Gasteiger charge is 2.34. The fourth-order valence-corrected chi connectivity index (χ4v) is 3.19. The maximum atomic E-state index is 12.2. The number of nitrogens with two attached hydrogens (primary N) is 1. The number of benzene rings is 1. The summed E-state index contributed by atoms with van der Waals surface area (Å²) in [7, 11) is 0. The molecule has 0 radical (unpaired) electrons. The second kappa shape index (κ2) is 7.05. The Morgan fingerprint density at radius 1 is 1.33 bits per heavy atom. The van der Waals surface area contributed by atoms with Crippen molar-refractivity contribution >= 4 is 5.91 Å². The molecule has 0 bridgehead atoms. The monoisotopic (exact) mass is 290 g/mol. The van der Waals surface area contributed by atoms with E-state index < -0.39 is 6.04 Å². The predicted octanol–water partition coefficient (Wildman–Crippen LogP) is 2.05.